The number of carbonyl (C=O) groups excluding carboxylic acids is 1. The largest absolute Gasteiger partial charge is 0.543 e. The van der Waals surface area contributed by atoms with Crippen molar-refractivity contribution in [1.29, 1.82) is 0 Å². The molecule has 2 aliphatic rings. The van der Waals surface area contributed by atoms with E-state index in [-0.39, 0.29) is 5.69 Å². The smallest absolute Gasteiger partial charge is 0.227 e. The van der Waals surface area contributed by atoms with Gasteiger partial charge in [-0.05, 0) is 48.7 Å². The number of fused-ring (bicyclic) bond motifs is 3. The molecule has 0 unspecified atom stereocenters. The molecule has 3 aromatic rings. The van der Waals surface area contributed by atoms with Crippen molar-refractivity contribution >= 4 is 23.3 Å². The van der Waals surface area contributed by atoms with Gasteiger partial charge in [-0.3, -0.25) is 4.68 Å². The second-order valence-corrected chi connectivity index (χ2v) is 9.57. The van der Waals surface area contributed by atoms with Crippen LogP contribution in [0.5, 0.6) is 0 Å². The van der Waals surface area contributed by atoms with Gasteiger partial charge < -0.3 is 25.0 Å². The number of piperazine rings is 1. The Bertz CT molecular complexity index is 1210. The van der Waals surface area contributed by atoms with Gasteiger partial charge in [-0.15, -0.1) is 0 Å². The van der Waals surface area contributed by atoms with Gasteiger partial charge in [0.25, 0.3) is 0 Å². The van der Waals surface area contributed by atoms with Crippen molar-refractivity contribution in [3.63, 3.8) is 0 Å². The Morgan fingerprint density at radius 1 is 1.09 bits per heavy atom. The second-order valence-electron chi connectivity index (χ2n) is 9.57. The highest BCUT2D eigenvalue weighted by molar-refractivity contribution is 5.89. The Kier molecular flexibility index (Phi) is 5.08. The third kappa shape index (κ3) is 3.82. The van der Waals surface area contributed by atoms with Gasteiger partial charge >= 0.3 is 0 Å². The molecule has 0 radical (unpaired) electrons. The maximum absolute atomic E-state index is 11.7. The summed E-state index contributed by atoms with van der Waals surface area (Å²) in [7, 11) is 3.89. The van der Waals surface area contributed by atoms with Gasteiger partial charge in [0.15, 0.2) is 0 Å². The quantitative estimate of drug-likeness (QED) is 0.644. The maximum Gasteiger partial charge on any atom is 0.227 e. The van der Waals surface area contributed by atoms with Gasteiger partial charge in [-0.25, -0.2) is 9.97 Å². The number of anilines is 3. The Hall–Kier alpha value is -3.46. The molecule has 0 atom stereocenters. The Morgan fingerprint density at radius 2 is 1.79 bits per heavy atom. The minimum atomic E-state index is -1.27. The standard InChI is InChI=1S/C24H29N7O2/c1-24(2)13-15-14-25-23(27-19(15)21-18(24)20(22(32)33)28-30(21)4)26-16-5-7-17(8-6-16)31-11-9-29(3)10-12-31/h5-8,14H,9-13H2,1-4H3,(H,32,33)(H,25,26,27)/p-1. The third-order valence-electron chi connectivity index (χ3n) is 6.63. The second kappa shape index (κ2) is 7.84. The van der Waals surface area contributed by atoms with E-state index >= 15 is 0 Å². The summed E-state index contributed by atoms with van der Waals surface area (Å²) in [5.41, 5.74) is 4.71. The number of hydrogen-bond acceptors (Lipinski definition) is 8. The van der Waals surface area contributed by atoms with Crippen LogP contribution in [0.3, 0.4) is 0 Å². The predicted octanol–water partition coefficient (Wildman–Crippen LogP) is 1.57. The van der Waals surface area contributed by atoms with Gasteiger partial charge in [0.05, 0.1) is 17.4 Å². The first-order valence-corrected chi connectivity index (χ1v) is 11.2. The number of carboxylic acid groups (broad SMARTS) is 1. The molecule has 5 rings (SSSR count). The lowest BCUT2D eigenvalue weighted by atomic mass is 9.73. The predicted molar refractivity (Wildman–Crippen MR) is 125 cm³/mol. The highest BCUT2D eigenvalue weighted by Crippen LogP contribution is 2.43. The summed E-state index contributed by atoms with van der Waals surface area (Å²) in [6.07, 6.45) is 2.45. The molecular weight excluding hydrogens is 418 g/mol. The van der Waals surface area contributed by atoms with Crippen LogP contribution in [0.25, 0.3) is 11.4 Å². The average molecular weight is 447 g/mol. The van der Waals surface area contributed by atoms with Crippen LogP contribution in [0, 0.1) is 0 Å². The molecule has 172 valence electrons. The number of aromatic carboxylic acids is 1. The molecule has 0 saturated carbocycles. The molecule has 0 amide bonds. The van der Waals surface area contributed by atoms with E-state index < -0.39 is 11.4 Å². The first kappa shape index (κ1) is 21.4. The zero-order chi connectivity index (χ0) is 23.3. The normalized spacial score (nSPS) is 17.4. The van der Waals surface area contributed by atoms with Crippen molar-refractivity contribution in [3.05, 3.63) is 47.3 Å². The number of nitrogens with zero attached hydrogens (tertiary/aromatic N) is 6. The fraction of sp³-hybridized carbons (Fsp3) is 0.417. The van der Waals surface area contributed by atoms with Crippen LogP contribution < -0.4 is 15.3 Å². The van der Waals surface area contributed by atoms with Crippen LogP contribution in [0.4, 0.5) is 17.3 Å². The molecule has 9 nitrogen and oxygen atoms in total. The van der Waals surface area contributed by atoms with E-state index in [2.05, 4.69) is 44.4 Å². The van der Waals surface area contributed by atoms with Crippen LogP contribution in [0.2, 0.25) is 0 Å². The minimum absolute atomic E-state index is 0.0178. The van der Waals surface area contributed by atoms with E-state index in [4.69, 9.17) is 4.98 Å². The summed E-state index contributed by atoms with van der Waals surface area (Å²) in [5, 5.41) is 19.2. The molecule has 0 bridgehead atoms. The summed E-state index contributed by atoms with van der Waals surface area (Å²) in [6.45, 7) is 8.20. The van der Waals surface area contributed by atoms with Crippen LogP contribution >= 0.6 is 0 Å². The van der Waals surface area contributed by atoms with Crippen LogP contribution in [-0.2, 0) is 18.9 Å². The first-order chi connectivity index (χ1) is 15.7. The highest BCUT2D eigenvalue weighted by Gasteiger charge is 2.38. The molecule has 3 heterocycles. The number of nitrogens with one attached hydrogen (secondary N) is 1. The molecule has 1 saturated heterocycles. The summed E-state index contributed by atoms with van der Waals surface area (Å²) >= 11 is 0. The van der Waals surface area contributed by atoms with Crippen molar-refractivity contribution in [2.45, 2.75) is 25.7 Å². The van der Waals surface area contributed by atoms with Crippen molar-refractivity contribution in [2.24, 2.45) is 7.05 Å². The summed E-state index contributed by atoms with van der Waals surface area (Å²) < 4.78 is 1.59. The summed E-state index contributed by atoms with van der Waals surface area (Å²) in [5.74, 6) is -0.806. The number of benzene rings is 1. The molecule has 1 aliphatic heterocycles. The van der Waals surface area contributed by atoms with E-state index in [1.165, 1.54) is 5.69 Å². The van der Waals surface area contributed by atoms with Gasteiger partial charge in [-0.2, -0.15) is 5.10 Å². The number of likely N-dealkylation sites (N-methyl/N-ethyl adjacent to an activating group) is 1. The molecule has 9 heteroatoms. The highest BCUT2D eigenvalue weighted by atomic mass is 16.4. The zero-order valence-electron chi connectivity index (χ0n) is 19.4. The molecular formula is C24H28N7O2-. The fourth-order valence-electron chi connectivity index (χ4n) is 4.89. The monoisotopic (exact) mass is 446 g/mol. The molecule has 1 fully saturated rings. The van der Waals surface area contributed by atoms with Crippen LogP contribution in [0.15, 0.2) is 30.5 Å². The van der Waals surface area contributed by atoms with Gasteiger partial charge in [0.2, 0.25) is 5.95 Å². The Labute approximate surface area is 193 Å². The average Bonchev–Trinajstić information content (AvgIpc) is 3.14. The van der Waals surface area contributed by atoms with Crippen molar-refractivity contribution < 1.29 is 9.90 Å². The van der Waals surface area contributed by atoms with Crippen LogP contribution in [0.1, 0.15) is 35.5 Å². The zero-order valence-corrected chi connectivity index (χ0v) is 19.4. The topological polar surface area (TPSA) is 102 Å². The van der Waals surface area contributed by atoms with Crippen molar-refractivity contribution in [3.8, 4) is 11.4 Å². The van der Waals surface area contributed by atoms with E-state index in [0.717, 1.165) is 37.4 Å². The fourth-order valence-corrected chi connectivity index (χ4v) is 4.89. The summed E-state index contributed by atoms with van der Waals surface area (Å²) in [6, 6.07) is 8.28. The Morgan fingerprint density at radius 3 is 2.45 bits per heavy atom. The number of rotatable bonds is 4. The number of carboxylic acids is 1. The summed E-state index contributed by atoms with van der Waals surface area (Å²) in [4.78, 5) is 25.7. The molecule has 33 heavy (non-hydrogen) atoms. The van der Waals surface area contributed by atoms with E-state index in [9.17, 15) is 9.90 Å². The first-order valence-electron chi connectivity index (χ1n) is 11.2. The van der Waals surface area contributed by atoms with Crippen LogP contribution in [-0.4, -0.2) is 63.8 Å². The molecule has 2 aromatic heterocycles. The molecule has 1 aliphatic carbocycles. The number of aryl methyl sites for hydroxylation is 1. The van der Waals surface area contributed by atoms with E-state index in [0.29, 0.717) is 29.3 Å². The lowest BCUT2D eigenvalue weighted by molar-refractivity contribution is -0.255. The molecule has 1 N–H and O–H groups in total. The SMILES string of the molecule is CN1CCN(c2ccc(Nc3ncc4c(n3)-c3c(c(C(=O)[O-])nn3C)C(C)(C)C4)cc2)CC1. The van der Waals surface area contributed by atoms with Gasteiger partial charge in [0, 0.05) is 56.4 Å². The number of aromatic nitrogens is 4. The van der Waals surface area contributed by atoms with Crippen molar-refractivity contribution in [1.82, 2.24) is 24.6 Å². The number of carbonyl (C=O) groups is 1. The van der Waals surface area contributed by atoms with E-state index in [1.54, 1.807) is 11.7 Å². The minimum Gasteiger partial charge on any atom is -0.543 e. The lowest BCUT2D eigenvalue weighted by Crippen LogP contribution is -2.44. The maximum atomic E-state index is 11.7. The van der Waals surface area contributed by atoms with Gasteiger partial charge in [0.1, 0.15) is 5.69 Å². The lowest BCUT2D eigenvalue weighted by Gasteiger charge is -2.34. The Balaban J connectivity index is 1.43. The van der Waals surface area contributed by atoms with Gasteiger partial charge in [-0.1, -0.05) is 13.8 Å². The third-order valence-corrected chi connectivity index (χ3v) is 6.63. The number of hydrogen-bond donors (Lipinski definition) is 1. The molecule has 1 aromatic carbocycles. The molecule has 0 spiro atoms. The van der Waals surface area contributed by atoms with Crippen molar-refractivity contribution in [2.75, 3.05) is 43.4 Å². The van der Waals surface area contributed by atoms with E-state index in [1.807, 2.05) is 32.2 Å².